The van der Waals surface area contributed by atoms with Gasteiger partial charge < -0.3 is 9.88 Å². The van der Waals surface area contributed by atoms with Crippen LogP contribution in [0.2, 0.25) is 0 Å². The molecule has 1 N–H and O–H groups in total. The zero-order valence-electron chi connectivity index (χ0n) is 13.2. The van der Waals surface area contributed by atoms with Crippen molar-refractivity contribution in [2.45, 2.75) is 45.6 Å². The lowest BCUT2D eigenvalue weighted by molar-refractivity contribution is -0.132. The molecule has 0 spiro atoms. The summed E-state index contributed by atoms with van der Waals surface area (Å²) in [6.45, 7) is 6.23. The van der Waals surface area contributed by atoms with Gasteiger partial charge in [0.1, 0.15) is 5.82 Å². The first-order chi connectivity index (χ1) is 10.6. The molecular weight excluding hydrogens is 278 g/mol. The van der Waals surface area contributed by atoms with Crippen LogP contribution < -0.4 is 0 Å². The van der Waals surface area contributed by atoms with E-state index in [4.69, 9.17) is 0 Å². The van der Waals surface area contributed by atoms with Crippen molar-refractivity contribution in [1.82, 2.24) is 24.6 Å². The van der Waals surface area contributed by atoms with Crippen LogP contribution in [0.3, 0.4) is 0 Å². The second-order valence-electron chi connectivity index (χ2n) is 6.10. The second-order valence-corrected chi connectivity index (χ2v) is 6.10. The van der Waals surface area contributed by atoms with E-state index in [2.05, 4.69) is 15.1 Å². The first-order valence-electron chi connectivity index (χ1n) is 7.91. The Balaban J connectivity index is 1.55. The Morgan fingerprint density at radius 2 is 2.32 bits per heavy atom. The number of rotatable bonds is 4. The number of aromatic amines is 1. The maximum Gasteiger partial charge on any atom is 0.224 e. The number of H-pyrrole nitrogens is 1. The van der Waals surface area contributed by atoms with Crippen molar-refractivity contribution < 1.29 is 4.79 Å². The van der Waals surface area contributed by atoms with Crippen LogP contribution in [0.1, 0.15) is 42.4 Å². The Bertz CT molecular complexity index is 645. The van der Waals surface area contributed by atoms with E-state index in [0.29, 0.717) is 18.9 Å². The molecule has 1 fully saturated rings. The van der Waals surface area contributed by atoms with Gasteiger partial charge in [0.05, 0.1) is 5.69 Å². The molecule has 2 aromatic heterocycles. The average molecular weight is 301 g/mol. The molecule has 0 unspecified atom stereocenters. The Morgan fingerprint density at radius 3 is 3.00 bits per heavy atom. The predicted molar refractivity (Wildman–Crippen MR) is 83.5 cm³/mol. The Labute approximate surface area is 130 Å². The summed E-state index contributed by atoms with van der Waals surface area (Å²) in [4.78, 5) is 22.1. The van der Waals surface area contributed by atoms with Crippen LogP contribution in [0.5, 0.6) is 0 Å². The summed E-state index contributed by atoms with van der Waals surface area (Å²) in [6.07, 6.45) is 6.42. The van der Waals surface area contributed by atoms with Gasteiger partial charge in [0.2, 0.25) is 5.91 Å². The summed E-state index contributed by atoms with van der Waals surface area (Å²) in [5.41, 5.74) is 2.06. The SMILES string of the molecule is Cc1ccn(CCC(=O)N2CCC[C@H](c3ncc(C)[nH]3)C2)n1. The molecule has 0 saturated carbocycles. The quantitative estimate of drug-likeness (QED) is 0.939. The number of imidazole rings is 1. The first kappa shape index (κ1) is 14.8. The Morgan fingerprint density at radius 1 is 1.45 bits per heavy atom. The number of nitrogens with one attached hydrogen (secondary N) is 1. The van der Waals surface area contributed by atoms with Crippen LogP contribution in [-0.2, 0) is 11.3 Å². The highest BCUT2D eigenvalue weighted by molar-refractivity contribution is 5.76. The minimum atomic E-state index is 0.209. The number of likely N-dealkylation sites (tertiary alicyclic amines) is 1. The molecule has 118 valence electrons. The number of nitrogens with zero attached hydrogens (tertiary/aromatic N) is 4. The van der Waals surface area contributed by atoms with Crippen molar-refractivity contribution in [1.29, 1.82) is 0 Å². The summed E-state index contributed by atoms with van der Waals surface area (Å²) in [7, 11) is 0. The van der Waals surface area contributed by atoms with Crippen molar-refractivity contribution >= 4 is 5.91 Å². The first-order valence-corrected chi connectivity index (χ1v) is 7.91. The van der Waals surface area contributed by atoms with Gasteiger partial charge in [0.15, 0.2) is 0 Å². The minimum Gasteiger partial charge on any atom is -0.346 e. The van der Waals surface area contributed by atoms with Crippen molar-refractivity contribution in [3.05, 3.63) is 35.7 Å². The molecule has 1 aliphatic heterocycles. The van der Waals surface area contributed by atoms with E-state index >= 15 is 0 Å². The zero-order chi connectivity index (χ0) is 15.5. The van der Waals surface area contributed by atoms with Gasteiger partial charge in [0.25, 0.3) is 0 Å². The van der Waals surface area contributed by atoms with Gasteiger partial charge >= 0.3 is 0 Å². The molecule has 1 atom stereocenters. The van der Waals surface area contributed by atoms with E-state index in [9.17, 15) is 4.79 Å². The fraction of sp³-hybridized carbons (Fsp3) is 0.562. The molecule has 0 radical (unpaired) electrons. The normalized spacial score (nSPS) is 18.6. The fourth-order valence-corrected chi connectivity index (χ4v) is 3.02. The molecule has 0 aromatic carbocycles. The van der Waals surface area contributed by atoms with E-state index in [-0.39, 0.29) is 5.91 Å². The van der Waals surface area contributed by atoms with E-state index in [0.717, 1.165) is 43.1 Å². The molecule has 22 heavy (non-hydrogen) atoms. The van der Waals surface area contributed by atoms with Gasteiger partial charge in [-0.25, -0.2) is 4.98 Å². The molecule has 2 aromatic rings. The largest absolute Gasteiger partial charge is 0.346 e. The minimum absolute atomic E-state index is 0.209. The van der Waals surface area contributed by atoms with Gasteiger partial charge in [-0.15, -0.1) is 0 Å². The molecule has 1 amide bonds. The number of carbonyl (C=O) groups excluding carboxylic acids is 1. The maximum absolute atomic E-state index is 12.4. The fourth-order valence-electron chi connectivity index (χ4n) is 3.02. The number of amides is 1. The molecule has 3 heterocycles. The van der Waals surface area contributed by atoms with Crippen LogP contribution in [0.15, 0.2) is 18.5 Å². The molecular formula is C16H23N5O. The van der Waals surface area contributed by atoms with E-state index < -0.39 is 0 Å². The lowest BCUT2D eigenvalue weighted by atomic mass is 9.97. The number of piperidine rings is 1. The predicted octanol–water partition coefficient (Wildman–Crippen LogP) is 2.02. The molecule has 1 aliphatic rings. The van der Waals surface area contributed by atoms with Crippen molar-refractivity contribution in [2.24, 2.45) is 0 Å². The van der Waals surface area contributed by atoms with E-state index in [1.807, 2.05) is 41.9 Å². The molecule has 0 aliphatic carbocycles. The van der Waals surface area contributed by atoms with Gasteiger partial charge in [0, 0.05) is 50.1 Å². The van der Waals surface area contributed by atoms with Crippen LogP contribution in [-0.4, -0.2) is 43.6 Å². The summed E-state index contributed by atoms with van der Waals surface area (Å²) < 4.78 is 1.84. The van der Waals surface area contributed by atoms with Crippen LogP contribution in [0.25, 0.3) is 0 Å². The molecule has 6 heteroatoms. The molecule has 1 saturated heterocycles. The number of hydrogen-bond donors (Lipinski definition) is 1. The Kier molecular flexibility index (Phi) is 4.27. The zero-order valence-corrected chi connectivity index (χ0v) is 13.2. The molecule has 0 bridgehead atoms. The lowest BCUT2D eigenvalue weighted by Crippen LogP contribution is -2.39. The van der Waals surface area contributed by atoms with E-state index in [1.54, 1.807) is 0 Å². The topological polar surface area (TPSA) is 66.8 Å². The summed E-state index contributed by atoms with van der Waals surface area (Å²) >= 11 is 0. The highest BCUT2D eigenvalue weighted by atomic mass is 16.2. The monoisotopic (exact) mass is 301 g/mol. The third kappa shape index (κ3) is 3.37. The molecule has 3 rings (SSSR count). The molecule has 6 nitrogen and oxygen atoms in total. The highest BCUT2D eigenvalue weighted by Gasteiger charge is 2.26. The number of aromatic nitrogens is 4. The number of aryl methyl sites for hydroxylation is 3. The van der Waals surface area contributed by atoms with Crippen LogP contribution >= 0.6 is 0 Å². The van der Waals surface area contributed by atoms with Gasteiger partial charge in [-0.2, -0.15) is 5.10 Å². The average Bonchev–Trinajstić information content (AvgIpc) is 3.13. The Hall–Kier alpha value is -2.11. The smallest absolute Gasteiger partial charge is 0.224 e. The van der Waals surface area contributed by atoms with Gasteiger partial charge in [-0.05, 0) is 32.8 Å². The van der Waals surface area contributed by atoms with Crippen molar-refractivity contribution in [3.63, 3.8) is 0 Å². The standard InChI is InChI=1S/C16H23N5O/c1-12-5-8-21(19-12)9-6-15(22)20-7-3-4-14(11-20)16-17-10-13(2)18-16/h5,8,10,14H,3-4,6-7,9,11H2,1-2H3,(H,17,18)/t14-/m0/s1. The number of hydrogen-bond acceptors (Lipinski definition) is 3. The van der Waals surface area contributed by atoms with Crippen LogP contribution in [0.4, 0.5) is 0 Å². The highest BCUT2D eigenvalue weighted by Crippen LogP contribution is 2.25. The summed E-state index contributed by atoms with van der Waals surface area (Å²) in [6, 6.07) is 1.96. The van der Waals surface area contributed by atoms with Gasteiger partial charge in [-0.1, -0.05) is 0 Å². The van der Waals surface area contributed by atoms with Crippen LogP contribution in [0, 0.1) is 13.8 Å². The van der Waals surface area contributed by atoms with Gasteiger partial charge in [-0.3, -0.25) is 9.48 Å². The lowest BCUT2D eigenvalue weighted by Gasteiger charge is -2.32. The third-order valence-corrected chi connectivity index (χ3v) is 4.21. The third-order valence-electron chi connectivity index (χ3n) is 4.21. The summed E-state index contributed by atoms with van der Waals surface area (Å²) in [5, 5.41) is 4.32. The second kappa shape index (κ2) is 6.34. The summed E-state index contributed by atoms with van der Waals surface area (Å²) in [5.74, 6) is 1.55. The van der Waals surface area contributed by atoms with Crippen molar-refractivity contribution in [3.8, 4) is 0 Å². The number of carbonyl (C=O) groups is 1. The van der Waals surface area contributed by atoms with E-state index in [1.165, 1.54) is 0 Å². The van der Waals surface area contributed by atoms with Crippen molar-refractivity contribution in [2.75, 3.05) is 13.1 Å². The maximum atomic E-state index is 12.4.